The summed E-state index contributed by atoms with van der Waals surface area (Å²) in [5.41, 5.74) is 4.81. The molecule has 4 aromatic rings. The van der Waals surface area contributed by atoms with Gasteiger partial charge in [0.15, 0.2) is 0 Å². The highest BCUT2D eigenvalue weighted by Crippen LogP contribution is 2.45. The van der Waals surface area contributed by atoms with Gasteiger partial charge >= 0.3 is 10.1 Å². The first-order chi connectivity index (χ1) is 20.8. The lowest BCUT2D eigenvalue weighted by Gasteiger charge is -2.39. The van der Waals surface area contributed by atoms with Gasteiger partial charge in [0.25, 0.3) is 5.91 Å². The first kappa shape index (κ1) is 30.9. The number of hydrogen-bond acceptors (Lipinski definition) is 7. The summed E-state index contributed by atoms with van der Waals surface area (Å²) in [5, 5.41) is 3.32. The summed E-state index contributed by atoms with van der Waals surface area (Å²) < 4.78 is 57.2. The number of anilines is 2. The number of methoxy groups -OCH3 is 1. The van der Waals surface area contributed by atoms with Crippen molar-refractivity contribution in [1.29, 1.82) is 0 Å². The summed E-state index contributed by atoms with van der Waals surface area (Å²) in [6.07, 6.45) is 0. The van der Waals surface area contributed by atoms with E-state index in [-0.39, 0.29) is 24.0 Å². The van der Waals surface area contributed by atoms with Crippen molar-refractivity contribution in [3.8, 4) is 28.4 Å². The Bertz CT molecular complexity index is 1850. The number of carbonyl (C=O) groups is 1. The maximum atomic E-state index is 14.1. The third-order valence-electron chi connectivity index (χ3n) is 7.54. The molecule has 0 aromatic heterocycles. The number of carbonyl (C=O) groups excluding carboxylic acids is 1. The molecule has 0 fully saturated rings. The average Bonchev–Trinajstić information content (AvgIpc) is 2.95. The first-order valence-corrected chi connectivity index (χ1v) is 15.6. The van der Waals surface area contributed by atoms with Crippen molar-refractivity contribution in [3.05, 3.63) is 101 Å². The largest absolute Gasteiger partial charge is 0.496 e. The lowest BCUT2D eigenvalue weighted by Crippen LogP contribution is -2.52. The van der Waals surface area contributed by atoms with E-state index in [1.54, 1.807) is 48.3 Å². The topological polar surface area (TPSA) is 94.2 Å². The van der Waals surface area contributed by atoms with Gasteiger partial charge in [-0.2, -0.15) is 8.42 Å². The molecule has 0 spiro atoms. The standard InChI is InChI=1S/C34H35FN2O6S/c1-21-8-7-9-23(16-21)20-44(39,40)43-25-12-13-27(31(18-25)41-6)26-14-15-29-32(37(5)33(38)34(3,4)36-29)28(26)19-42-30-17-24(35)11-10-22(30)2/h7-18,36H,19-20H2,1-6H3. The van der Waals surface area contributed by atoms with Gasteiger partial charge in [0.2, 0.25) is 0 Å². The van der Waals surface area contributed by atoms with Crippen molar-refractivity contribution in [1.82, 2.24) is 0 Å². The second kappa shape index (κ2) is 11.8. The minimum Gasteiger partial charge on any atom is -0.496 e. The minimum absolute atomic E-state index is 0.00874. The fraction of sp³-hybridized carbons (Fsp3) is 0.265. The Morgan fingerprint density at radius 1 is 0.932 bits per heavy atom. The van der Waals surface area contributed by atoms with E-state index in [9.17, 15) is 17.6 Å². The van der Waals surface area contributed by atoms with Gasteiger partial charge in [-0.15, -0.1) is 0 Å². The van der Waals surface area contributed by atoms with Crippen molar-refractivity contribution in [2.24, 2.45) is 0 Å². The molecule has 44 heavy (non-hydrogen) atoms. The van der Waals surface area contributed by atoms with Crippen molar-refractivity contribution < 1.29 is 31.3 Å². The molecular weight excluding hydrogens is 583 g/mol. The van der Waals surface area contributed by atoms with Gasteiger partial charge in [0.05, 0.1) is 18.5 Å². The molecular formula is C34H35FN2O6S. The molecule has 10 heteroatoms. The van der Waals surface area contributed by atoms with Crippen LogP contribution in [0.1, 0.15) is 36.1 Å². The van der Waals surface area contributed by atoms with Crippen LogP contribution in [0, 0.1) is 19.7 Å². The highest BCUT2D eigenvalue weighted by molar-refractivity contribution is 7.86. The van der Waals surface area contributed by atoms with E-state index in [4.69, 9.17) is 13.7 Å². The lowest BCUT2D eigenvalue weighted by atomic mass is 9.91. The number of amides is 1. The summed E-state index contributed by atoms with van der Waals surface area (Å²) in [6, 6.07) is 20.1. The number of halogens is 1. The zero-order chi connectivity index (χ0) is 31.8. The summed E-state index contributed by atoms with van der Waals surface area (Å²) in [4.78, 5) is 14.9. The first-order valence-electron chi connectivity index (χ1n) is 14.1. The Morgan fingerprint density at radius 3 is 2.41 bits per heavy atom. The molecule has 5 rings (SSSR count). The number of hydrogen-bond donors (Lipinski definition) is 1. The number of nitrogens with one attached hydrogen (secondary N) is 1. The summed E-state index contributed by atoms with van der Waals surface area (Å²) >= 11 is 0. The third kappa shape index (κ3) is 6.35. The number of benzene rings is 4. The van der Waals surface area contributed by atoms with Gasteiger partial charge in [-0.1, -0.05) is 42.0 Å². The molecule has 1 N–H and O–H groups in total. The van der Waals surface area contributed by atoms with E-state index < -0.39 is 21.5 Å². The van der Waals surface area contributed by atoms with Crippen LogP contribution in [0.25, 0.3) is 11.1 Å². The zero-order valence-corrected chi connectivity index (χ0v) is 26.3. The summed E-state index contributed by atoms with van der Waals surface area (Å²) in [5.74, 6) is -0.0179. The second-order valence-corrected chi connectivity index (χ2v) is 13.0. The number of likely N-dealkylation sites (N-methyl/N-ethyl adjacent to an activating group) is 1. The van der Waals surface area contributed by atoms with E-state index in [0.29, 0.717) is 39.4 Å². The van der Waals surface area contributed by atoms with Gasteiger partial charge in [-0.05, 0) is 68.7 Å². The molecule has 230 valence electrons. The Kier molecular flexibility index (Phi) is 8.31. The number of aryl methyl sites for hydroxylation is 2. The van der Waals surface area contributed by atoms with Crippen LogP contribution in [-0.2, 0) is 27.3 Å². The minimum atomic E-state index is -3.96. The molecule has 8 nitrogen and oxygen atoms in total. The highest BCUT2D eigenvalue weighted by atomic mass is 32.2. The van der Waals surface area contributed by atoms with Crippen molar-refractivity contribution in [2.75, 3.05) is 24.4 Å². The Balaban J connectivity index is 1.55. The van der Waals surface area contributed by atoms with Crippen LogP contribution in [0.15, 0.2) is 72.8 Å². The Morgan fingerprint density at radius 2 is 1.68 bits per heavy atom. The molecule has 0 saturated carbocycles. The van der Waals surface area contributed by atoms with Crippen molar-refractivity contribution in [3.63, 3.8) is 0 Å². The number of fused-ring (bicyclic) bond motifs is 1. The lowest BCUT2D eigenvalue weighted by molar-refractivity contribution is -0.121. The van der Waals surface area contributed by atoms with Crippen molar-refractivity contribution >= 4 is 27.4 Å². The molecule has 0 atom stereocenters. The van der Waals surface area contributed by atoms with E-state index in [0.717, 1.165) is 16.8 Å². The van der Waals surface area contributed by atoms with E-state index in [1.807, 2.05) is 45.9 Å². The molecule has 1 aliphatic heterocycles. The molecule has 1 aliphatic rings. The van der Waals surface area contributed by atoms with Gasteiger partial charge in [-0.3, -0.25) is 4.79 Å². The molecule has 0 bridgehead atoms. The monoisotopic (exact) mass is 618 g/mol. The Labute approximate surface area is 257 Å². The van der Waals surface area contributed by atoms with Crippen LogP contribution >= 0.6 is 0 Å². The van der Waals surface area contributed by atoms with Gasteiger partial charge in [0.1, 0.15) is 41.0 Å². The summed E-state index contributed by atoms with van der Waals surface area (Å²) in [7, 11) is -0.771. The normalized spacial score (nSPS) is 14.1. The molecule has 1 heterocycles. The quantitative estimate of drug-likeness (QED) is 0.207. The fourth-order valence-electron chi connectivity index (χ4n) is 5.44. The van der Waals surface area contributed by atoms with Gasteiger partial charge in [-0.25, -0.2) is 4.39 Å². The van der Waals surface area contributed by atoms with Crippen LogP contribution in [-0.4, -0.2) is 34.0 Å². The van der Waals surface area contributed by atoms with Gasteiger partial charge in [0, 0.05) is 30.3 Å². The molecule has 0 aliphatic carbocycles. The third-order valence-corrected chi connectivity index (χ3v) is 8.67. The van der Waals surface area contributed by atoms with Gasteiger partial charge < -0.3 is 23.9 Å². The molecule has 1 amide bonds. The molecule has 0 unspecified atom stereocenters. The number of rotatable bonds is 9. The van der Waals surface area contributed by atoms with Crippen LogP contribution in [0.2, 0.25) is 0 Å². The van der Waals surface area contributed by atoms with E-state index >= 15 is 0 Å². The molecule has 0 radical (unpaired) electrons. The SMILES string of the molecule is COc1cc(OS(=O)(=O)Cc2cccc(C)c2)ccc1-c1ccc2c(c1COc1cc(F)ccc1C)N(C)C(=O)C(C)(C)N2. The molecule has 0 saturated heterocycles. The Hall–Kier alpha value is -4.57. The molecule has 4 aromatic carbocycles. The predicted molar refractivity (Wildman–Crippen MR) is 169 cm³/mol. The van der Waals surface area contributed by atoms with Crippen molar-refractivity contribution in [2.45, 2.75) is 45.6 Å². The van der Waals surface area contributed by atoms with Crippen LogP contribution in [0.3, 0.4) is 0 Å². The van der Waals surface area contributed by atoms with Crippen LogP contribution in [0.4, 0.5) is 15.8 Å². The van der Waals surface area contributed by atoms with E-state index in [2.05, 4.69) is 5.32 Å². The fourth-order valence-corrected chi connectivity index (χ4v) is 6.48. The van der Waals surface area contributed by atoms with E-state index in [1.165, 1.54) is 25.3 Å². The number of ether oxygens (including phenoxy) is 2. The average molecular weight is 619 g/mol. The van der Waals surface area contributed by atoms with Crippen LogP contribution < -0.4 is 23.9 Å². The number of nitrogens with zero attached hydrogens (tertiary/aromatic N) is 1. The second-order valence-electron chi connectivity index (χ2n) is 11.4. The predicted octanol–water partition coefficient (Wildman–Crippen LogP) is 6.77. The highest BCUT2D eigenvalue weighted by Gasteiger charge is 2.38. The summed E-state index contributed by atoms with van der Waals surface area (Å²) in [6.45, 7) is 7.34. The zero-order valence-electron chi connectivity index (χ0n) is 25.5. The van der Waals surface area contributed by atoms with Crippen LogP contribution in [0.5, 0.6) is 17.2 Å². The smallest absolute Gasteiger partial charge is 0.313 e. The maximum absolute atomic E-state index is 14.1. The maximum Gasteiger partial charge on any atom is 0.313 e.